The van der Waals surface area contributed by atoms with Crippen LogP contribution in [0.1, 0.15) is 19.8 Å². The molecule has 1 amide bonds. The molecule has 10 heteroatoms. The largest absolute Gasteiger partial charge is 0.497 e. The van der Waals surface area contributed by atoms with Gasteiger partial charge in [-0.25, -0.2) is 14.2 Å². The van der Waals surface area contributed by atoms with Crippen molar-refractivity contribution < 1.29 is 28.1 Å². The second-order valence-corrected chi connectivity index (χ2v) is 10.2. The summed E-state index contributed by atoms with van der Waals surface area (Å²) in [5.74, 6) is 0.465. The Morgan fingerprint density at radius 1 is 1.17 bits per heavy atom. The summed E-state index contributed by atoms with van der Waals surface area (Å²) in [6.07, 6.45) is 4.67. The lowest BCUT2D eigenvalue weighted by Crippen LogP contribution is -2.59. The van der Waals surface area contributed by atoms with E-state index in [-0.39, 0.29) is 29.6 Å². The third-order valence-electron chi connectivity index (χ3n) is 7.48. The average molecular weight is 497 g/mol. The Morgan fingerprint density at radius 3 is 2.58 bits per heavy atom. The van der Waals surface area contributed by atoms with Gasteiger partial charge in [0, 0.05) is 55.4 Å². The molecule has 1 saturated carbocycles. The van der Waals surface area contributed by atoms with Crippen LogP contribution in [-0.4, -0.2) is 70.6 Å². The Morgan fingerprint density at radius 2 is 1.92 bits per heavy atom. The molecular weight excluding hydrogens is 467 g/mol. The van der Waals surface area contributed by atoms with Crippen LogP contribution in [0.3, 0.4) is 0 Å². The molecule has 2 aromatic heterocycles. The number of carbonyl (C=O) groups is 1. The van der Waals surface area contributed by atoms with Gasteiger partial charge in [-0.15, -0.1) is 0 Å². The van der Waals surface area contributed by atoms with Crippen molar-refractivity contribution in [2.75, 3.05) is 33.4 Å². The van der Waals surface area contributed by atoms with E-state index in [1.165, 1.54) is 19.5 Å². The lowest BCUT2D eigenvalue weighted by atomic mass is 9.84. The SMILES string of the molecule is COc1ccc(-c2cn(C)c3c(OC4C5COCC4CN(C(=O)OC4(C)CC4)C5)ncnc23)c(F)c1. The zero-order chi connectivity index (χ0) is 25.0. The predicted molar refractivity (Wildman–Crippen MR) is 128 cm³/mol. The van der Waals surface area contributed by atoms with Crippen molar-refractivity contribution in [2.24, 2.45) is 18.9 Å². The van der Waals surface area contributed by atoms with Crippen molar-refractivity contribution in [1.29, 1.82) is 0 Å². The lowest BCUT2D eigenvalue weighted by molar-refractivity contribution is -0.111. The molecule has 36 heavy (non-hydrogen) atoms. The number of methoxy groups -OCH3 is 1. The van der Waals surface area contributed by atoms with Crippen LogP contribution >= 0.6 is 0 Å². The van der Waals surface area contributed by atoms with Gasteiger partial charge >= 0.3 is 6.09 Å². The molecule has 0 N–H and O–H groups in total. The highest BCUT2D eigenvalue weighted by molar-refractivity contribution is 5.95. The second kappa shape index (κ2) is 8.62. The first-order valence-electron chi connectivity index (χ1n) is 12.2. The first-order valence-corrected chi connectivity index (χ1v) is 12.2. The summed E-state index contributed by atoms with van der Waals surface area (Å²) in [5, 5.41) is 0. The number of carbonyl (C=O) groups excluding carboxylic acids is 1. The standard InChI is InChI=1S/C26H29FN4O5/c1-26(6-7-26)36-25(32)31-9-15-12-34-13-16(10-31)23(15)35-24-22-21(28-14-29-24)19(11-30(22)2)18-5-4-17(33-3)8-20(18)27/h4-5,8,11,14-16,23H,6-7,9-10,12-13H2,1-3H3. The summed E-state index contributed by atoms with van der Waals surface area (Å²) in [4.78, 5) is 23.4. The molecule has 3 fully saturated rings. The summed E-state index contributed by atoms with van der Waals surface area (Å²) in [7, 11) is 3.37. The van der Waals surface area contributed by atoms with Crippen molar-refractivity contribution in [3.8, 4) is 22.8 Å². The van der Waals surface area contributed by atoms with Gasteiger partial charge in [-0.05, 0) is 31.9 Å². The van der Waals surface area contributed by atoms with Crippen LogP contribution in [0.4, 0.5) is 9.18 Å². The second-order valence-electron chi connectivity index (χ2n) is 10.2. The monoisotopic (exact) mass is 496 g/mol. The average Bonchev–Trinajstić information content (AvgIpc) is 3.48. The van der Waals surface area contributed by atoms with Crippen LogP contribution in [0.2, 0.25) is 0 Å². The maximum atomic E-state index is 14.9. The van der Waals surface area contributed by atoms with Gasteiger partial charge in [-0.1, -0.05) is 0 Å². The van der Waals surface area contributed by atoms with Crippen molar-refractivity contribution >= 4 is 17.1 Å². The zero-order valence-electron chi connectivity index (χ0n) is 20.6. The maximum absolute atomic E-state index is 14.9. The minimum absolute atomic E-state index is 0.0131. The van der Waals surface area contributed by atoms with E-state index in [9.17, 15) is 9.18 Å². The summed E-state index contributed by atoms with van der Waals surface area (Å²) < 4.78 is 39.9. The van der Waals surface area contributed by atoms with Crippen LogP contribution in [-0.2, 0) is 16.5 Å². The van der Waals surface area contributed by atoms with E-state index in [1.807, 2.05) is 24.7 Å². The Labute approximate surface area is 208 Å². The molecule has 2 atom stereocenters. The molecule has 0 spiro atoms. The smallest absolute Gasteiger partial charge is 0.410 e. The molecule has 6 rings (SSSR count). The molecule has 2 aliphatic heterocycles. The van der Waals surface area contributed by atoms with Crippen molar-refractivity contribution in [3.63, 3.8) is 0 Å². The number of hydrogen-bond donors (Lipinski definition) is 0. The van der Waals surface area contributed by atoms with Crippen molar-refractivity contribution in [1.82, 2.24) is 19.4 Å². The van der Waals surface area contributed by atoms with Gasteiger partial charge in [0.05, 0.1) is 20.3 Å². The Bertz CT molecular complexity index is 1310. The first-order chi connectivity index (χ1) is 17.3. The lowest BCUT2D eigenvalue weighted by Gasteiger charge is -2.46. The number of benzene rings is 1. The van der Waals surface area contributed by atoms with Gasteiger partial charge < -0.3 is 28.4 Å². The number of likely N-dealkylation sites (tertiary alicyclic amines) is 1. The molecule has 2 saturated heterocycles. The third-order valence-corrected chi connectivity index (χ3v) is 7.48. The van der Waals surface area contributed by atoms with Crippen LogP contribution in [0.25, 0.3) is 22.2 Å². The number of aryl methyl sites for hydroxylation is 1. The van der Waals surface area contributed by atoms with Gasteiger partial charge in [-0.2, -0.15) is 4.98 Å². The van der Waals surface area contributed by atoms with Crippen molar-refractivity contribution in [2.45, 2.75) is 31.5 Å². The molecule has 0 radical (unpaired) electrons. The van der Waals surface area contributed by atoms with E-state index in [2.05, 4.69) is 9.97 Å². The summed E-state index contributed by atoms with van der Waals surface area (Å²) in [6.45, 7) is 3.95. The summed E-state index contributed by atoms with van der Waals surface area (Å²) in [5.41, 5.74) is 2.05. The quantitative estimate of drug-likeness (QED) is 0.531. The minimum atomic E-state index is -0.395. The topological polar surface area (TPSA) is 87.9 Å². The number of fused-ring (bicyclic) bond motifs is 3. The number of aromatic nitrogens is 3. The number of halogens is 1. The van der Waals surface area contributed by atoms with Gasteiger partial charge in [-0.3, -0.25) is 0 Å². The Balaban J connectivity index is 1.27. The van der Waals surface area contributed by atoms with Gasteiger partial charge in [0.2, 0.25) is 5.88 Å². The van der Waals surface area contributed by atoms with Crippen LogP contribution in [0.5, 0.6) is 11.6 Å². The van der Waals surface area contributed by atoms with E-state index >= 15 is 0 Å². The number of amides is 1. The molecule has 3 aliphatic rings. The highest BCUT2D eigenvalue weighted by Crippen LogP contribution is 2.41. The zero-order valence-corrected chi connectivity index (χ0v) is 20.6. The molecule has 2 bridgehead atoms. The Hall–Kier alpha value is -3.40. The molecule has 3 aromatic rings. The number of ether oxygens (including phenoxy) is 4. The van der Waals surface area contributed by atoms with Gasteiger partial charge in [0.1, 0.15) is 40.6 Å². The first kappa shape index (κ1) is 23.0. The molecule has 4 heterocycles. The molecular formula is C26H29FN4O5. The molecule has 9 nitrogen and oxygen atoms in total. The normalized spacial score (nSPS) is 24.4. The van der Waals surface area contributed by atoms with E-state index in [0.29, 0.717) is 60.1 Å². The van der Waals surface area contributed by atoms with E-state index in [1.54, 1.807) is 17.0 Å². The fourth-order valence-electron chi connectivity index (χ4n) is 5.24. The molecule has 1 aromatic carbocycles. The molecule has 2 unspecified atom stereocenters. The van der Waals surface area contributed by atoms with Crippen LogP contribution in [0.15, 0.2) is 30.7 Å². The fraction of sp³-hybridized carbons (Fsp3) is 0.500. The fourth-order valence-corrected chi connectivity index (χ4v) is 5.24. The number of nitrogens with zero attached hydrogens (tertiary/aromatic N) is 4. The van der Waals surface area contributed by atoms with Crippen LogP contribution in [0, 0.1) is 17.7 Å². The summed E-state index contributed by atoms with van der Waals surface area (Å²) in [6, 6.07) is 4.76. The third kappa shape index (κ3) is 4.03. The predicted octanol–water partition coefficient (Wildman–Crippen LogP) is 3.80. The van der Waals surface area contributed by atoms with Crippen molar-refractivity contribution in [3.05, 3.63) is 36.5 Å². The minimum Gasteiger partial charge on any atom is -0.497 e. The number of rotatable bonds is 5. The highest BCUT2D eigenvalue weighted by Gasteiger charge is 2.47. The Kier molecular flexibility index (Phi) is 5.51. The molecule has 190 valence electrons. The van der Waals surface area contributed by atoms with E-state index < -0.39 is 5.82 Å². The molecule has 1 aliphatic carbocycles. The van der Waals surface area contributed by atoms with E-state index in [4.69, 9.17) is 18.9 Å². The van der Waals surface area contributed by atoms with Crippen LogP contribution < -0.4 is 9.47 Å². The van der Waals surface area contributed by atoms with E-state index in [0.717, 1.165) is 12.8 Å². The number of hydrogen-bond acceptors (Lipinski definition) is 7. The van der Waals surface area contributed by atoms with Gasteiger partial charge in [0.15, 0.2) is 0 Å². The van der Waals surface area contributed by atoms with Gasteiger partial charge in [0.25, 0.3) is 0 Å². The highest BCUT2D eigenvalue weighted by atomic mass is 19.1. The number of piperidine rings is 1. The summed E-state index contributed by atoms with van der Waals surface area (Å²) >= 11 is 0. The maximum Gasteiger partial charge on any atom is 0.410 e.